The Morgan fingerprint density at radius 1 is 0.955 bits per heavy atom. The monoisotopic (exact) mass is 628 g/mol. The van der Waals surface area contributed by atoms with Crippen molar-refractivity contribution in [3.63, 3.8) is 0 Å². The fraction of sp³-hybridized carbons (Fsp3) is 0.394. The molecule has 3 aromatic rings. The van der Waals surface area contributed by atoms with Crippen LogP contribution in [-0.4, -0.2) is 52.4 Å². The Hall–Kier alpha value is -3.38. The van der Waals surface area contributed by atoms with E-state index in [1.54, 1.807) is 11.8 Å². The number of aliphatic hydroxyl groups is 1. The third-order valence-corrected chi connectivity index (χ3v) is 9.16. The van der Waals surface area contributed by atoms with Crippen LogP contribution in [0.4, 0.5) is 13.2 Å². The molecule has 0 aliphatic carbocycles. The molecule has 0 spiro atoms. The topological polar surface area (TPSA) is 88.1 Å². The molecule has 7 nitrogen and oxygen atoms in total. The van der Waals surface area contributed by atoms with Crippen LogP contribution in [0.5, 0.6) is 0 Å². The van der Waals surface area contributed by atoms with E-state index >= 15 is 0 Å². The summed E-state index contributed by atoms with van der Waals surface area (Å²) in [4.78, 5) is 26.2. The zero-order valence-electron chi connectivity index (χ0n) is 24.2. The van der Waals surface area contributed by atoms with Crippen molar-refractivity contribution in [1.82, 2.24) is 10.2 Å². The van der Waals surface area contributed by atoms with Crippen molar-refractivity contribution in [3.8, 4) is 0 Å². The number of nitrogens with one attached hydrogen (secondary N) is 1. The van der Waals surface area contributed by atoms with Crippen LogP contribution in [0.3, 0.4) is 0 Å². The molecule has 2 saturated heterocycles. The summed E-state index contributed by atoms with van der Waals surface area (Å²) in [6.07, 6.45) is -5.52. The van der Waals surface area contributed by atoms with E-state index in [1.807, 2.05) is 66.7 Å². The molecule has 0 bridgehead atoms. The van der Waals surface area contributed by atoms with Crippen molar-refractivity contribution in [2.45, 2.75) is 68.5 Å². The molecule has 5 atom stereocenters. The Bertz CT molecular complexity index is 1410. The fourth-order valence-corrected chi connectivity index (χ4v) is 6.64. The lowest BCUT2D eigenvalue weighted by Gasteiger charge is -2.41. The van der Waals surface area contributed by atoms with Crippen molar-refractivity contribution < 1.29 is 37.3 Å². The minimum atomic E-state index is -5.01. The van der Waals surface area contributed by atoms with Crippen LogP contribution in [0.25, 0.3) is 0 Å². The molecule has 2 aliphatic heterocycles. The third-order valence-electron chi connectivity index (χ3n) is 8.06. The van der Waals surface area contributed by atoms with E-state index < -0.39 is 30.3 Å². The van der Waals surface area contributed by atoms with Gasteiger partial charge in [-0.3, -0.25) is 9.59 Å². The smallest absolute Gasteiger partial charge is 0.392 e. The Morgan fingerprint density at radius 3 is 2.27 bits per heavy atom. The van der Waals surface area contributed by atoms with Crippen LogP contribution < -0.4 is 5.32 Å². The number of amides is 2. The van der Waals surface area contributed by atoms with Crippen LogP contribution in [0, 0.1) is 5.92 Å². The quantitative estimate of drug-likeness (QED) is 0.286. The van der Waals surface area contributed by atoms with Gasteiger partial charge in [0, 0.05) is 35.2 Å². The highest BCUT2D eigenvalue weighted by Gasteiger charge is 2.47. The number of aliphatic hydroxyl groups excluding tert-OH is 1. The summed E-state index contributed by atoms with van der Waals surface area (Å²) < 4.78 is 51.8. The number of ether oxygens (including phenoxy) is 2. The molecule has 44 heavy (non-hydrogen) atoms. The zero-order valence-corrected chi connectivity index (χ0v) is 25.0. The maximum atomic E-state index is 12.9. The SMILES string of the molecule is C[C@@H]1[C@H](CSc2ccccc2)O[C@H](c2ccc(CNC(=O)[C@@H]3CCCN3C(=O)C(F)(F)F)cc2)O[C@@H]1c1ccc(CO)cc1. The zero-order chi connectivity index (χ0) is 31.3. The van der Waals surface area contributed by atoms with E-state index in [0.717, 1.165) is 32.9 Å². The number of hydrogen-bond donors (Lipinski definition) is 2. The van der Waals surface area contributed by atoms with Crippen LogP contribution in [0.1, 0.15) is 54.4 Å². The minimum Gasteiger partial charge on any atom is -0.392 e. The maximum Gasteiger partial charge on any atom is 0.471 e. The van der Waals surface area contributed by atoms with Gasteiger partial charge in [0.15, 0.2) is 6.29 Å². The Balaban J connectivity index is 1.26. The second-order valence-electron chi connectivity index (χ2n) is 11.1. The molecular formula is C33H35F3N2O5S. The number of benzene rings is 3. The number of rotatable bonds is 9. The van der Waals surface area contributed by atoms with E-state index in [4.69, 9.17) is 9.47 Å². The first-order chi connectivity index (χ1) is 21.1. The normalized spacial score (nSPS) is 23.8. The Kier molecular flexibility index (Phi) is 10.3. The molecule has 0 unspecified atom stereocenters. The lowest BCUT2D eigenvalue weighted by atomic mass is 9.91. The van der Waals surface area contributed by atoms with Gasteiger partial charge in [0.2, 0.25) is 5.91 Å². The average molecular weight is 629 g/mol. The molecule has 234 valence electrons. The van der Waals surface area contributed by atoms with Crippen LogP contribution in [0.15, 0.2) is 83.8 Å². The van der Waals surface area contributed by atoms with Gasteiger partial charge in [0.1, 0.15) is 6.04 Å². The minimum absolute atomic E-state index is 0.0382. The van der Waals surface area contributed by atoms with Crippen molar-refractivity contribution >= 4 is 23.6 Å². The summed E-state index contributed by atoms with van der Waals surface area (Å²) in [5.41, 5.74) is 3.33. The second kappa shape index (κ2) is 14.2. The summed E-state index contributed by atoms with van der Waals surface area (Å²) in [6.45, 7) is 2.07. The van der Waals surface area contributed by atoms with Gasteiger partial charge in [-0.05, 0) is 41.7 Å². The first kappa shape index (κ1) is 32.0. The lowest BCUT2D eigenvalue weighted by Crippen LogP contribution is -2.50. The number of carbonyl (C=O) groups is 2. The van der Waals surface area contributed by atoms with Gasteiger partial charge in [-0.15, -0.1) is 11.8 Å². The van der Waals surface area contributed by atoms with Crippen molar-refractivity contribution in [3.05, 3.63) is 101 Å². The predicted octanol–water partition coefficient (Wildman–Crippen LogP) is 5.93. The molecular weight excluding hydrogens is 593 g/mol. The maximum absolute atomic E-state index is 12.9. The van der Waals surface area contributed by atoms with E-state index in [2.05, 4.69) is 24.4 Å². The number of carbonyl (C=O) groups excluding carboxylic acids is 2. The number of nitrogens with zero attached hydrogens (tertiary/aromatic N) is 1. The molecule has 2 fully saturated rings. The molecule has 5 rings (SSSR count). The first-order valence-corrected chi connectivity index (χ1v) is 15.6. The van der Waals surface area contributed by atoms with Gasteiger partial charge in [0.05, 0.1) is 18.8 Å². The van der Waals surface area contributed by atoms with E-state index in [0.29, 0.717) is 11.3 Å². The lowest BCUT2D eigenvalue weighted by molar-refractivity contribution is -0.268. The molecule has 0 aromatic heterocycles. The van der Waals surface area contributed by atoms with Gasteiger partial charge >= 0.3 is 12.1 Å². The fourth-order valence-electron chi connectivity index (χ4n) is 5.55. The van der Waals surface area contributed by atoms with Crippen molar-refractivity contribution in [2.75, 3.05) is 12.3 Å². The average Bonchev–Trinajstić information content (AvgIpc) is 3.53. The number of halogens is 3. The number of alkyl halides is 3. The second-order valence-corrected chi connectivity index (χ2v) is 12.2. The molecule has 3 aromatic carbocycles. The largest absolute Gasteiger partial charge is 0.471 e. The van der Waals surface area contributed by atoms with Crippen LogP contribution in [0.2, 0.25) is 0 Å². The first-order valence-electron chi connectivity index (χ1n) is 14.6. The summed E-state index contributed by atoms with van der Waals surface area (Å²) >= 11 is 1.72. The molecule has 0 radical (unpaired) electrons. The highest BCUT2D eigenvalue weighted by Crippen LogP contribution is 2.43. The molecule has 11 heteroatoms. The van der Waals surface area contributed by atoms with Gasteiger partial charge in [-0.1, -0.05) is 73.7 Å². The van der Waals surface area contributed by atoms with Gasteiger partial charge < -0.3 is 24.8 Å². The molecule has 0 saturated carbocycles. The van der Waals surface area contributed by atoms with Crippen molar-refractivity contribution in [2.24, 2.45) is 5.92 Å². The van der Waals surface area contributed by atoms with E-state index in [9.17, 15) is 27.9 Å². The van der Waals surface area contributed by atoms with E-state index in [-0.39, 0.29) is 44.2 Å². The van der Waals surface area contributed by atoms with E-state index in [1.165, 1.54) is 0 Å². The standard InChI is InChI=1S/C33H35F3N2O5S/c1-21-28(20-44-26-6-3-2-4-7-26)42-31(43-29(21)24-13-11-23(19-39)12-14-24)25-15-9-22(10-16-25)18-37-30(40)27-8-5-17-38(27)32(41)33(34,35)36/h2-4,6-7,9-16,21,27-29,31,39H,5,8,17-20H2,1H3,(H,37,40)/t21-,27+,28+,29+,31+/m1/s1. The van der Waals surface area contributed by atoms with Gasteiger partial charge in [-0.2, -0.15) is 13.2 Å². The van der Waals surface area contributed by atoms with Gasteiger partial charge in [0.25, 0.3) is 0 Å². The van der Waals surface area contributed by atoms with Gasteiger partial charge in [-0.25, -0.2) is 0 Å². The molecule has 2 aliphatic rings. The molecule has 2 N–H and O–H groups in total. The third kappa shape index (κ3) is 7.63. The van der Waals surface area contributed by atoms with Crippen LogP contribution >= 0.6 is 11.8 Å². The summed E-state index contributed by atoms with van der Waals surface area (Å²) in [5, 5.41) is 12.2. The molecule has 2 amide bonds. The number of likely N-dealkylation sites (tertiary alicyclic amines) is 1. The predicted molar refractivity (Wildman–Crippen MR) is 159 cm³/mol. The Morgan fingerprint density at radius 2 is 1.61 bits per heavy atom. The van der Waals surface area contributed by atoms with Crippen LogP contribution in [-0.2, 0) is 32.2 Å². The summed E-state index contributed by atoms with van der Waals surface area (Å²) in [5.74, 6) is -1.83. The Labute approximate surface area is 258 Å². The highest BCUT2D eigenvalue weighted by atomic mass is 32.2. The van der Waals surface area contributed by atoms with Crippen molar-refractivity contribution in [1.29, 1.82) is 0 Å². The molecule has 2 heterocycles. The highest BCUT2D eigenvalue weighted by molar-refractivity contribution is 7.99. The number of thioether (sulfide) groups is 1. The summed E-state index contributed by atoms with van der Waals surface area (Å²) in [6, 6.07) is 24.0. The summed E-state index contributed by atoms with van der Waals surface area (Å²) in [7, 11) is 0. The number of hydrogen-bond acceptors (Lipinski definition) is 6.